The average molecular weight is 1400 g/mol. The second-order valence-corrected chi connectivity index (χ2v) is 30.8. The van der Waals surface area contributed by atoms with Crippen LogP contribution in [0.5, 0.6) is 0 Å². The Morgan fingerprint density at radius 3 is 1.14 bits per heavy atom. The van der Waals surface area contributed by atoms with Gasteiger partial charge < -0.3 is 89.1 Å². The molecule has 0 saturated carbocycles. The predicted molar refractivity (Wildman–Crippen MR) is 364 cm³/mol. The SMILES string of the molecule is CC(=O)NC(C)(C)C(=O)N[C@@H](CC(N)=O)C(=O)N[C@@H](CC(C)C)C(=O)NC(C)(C)C(=O)N1CCC[C@H]1C(=O)N[C@@H](CO)C(=O)N[C@H](C(=O)NC(C)(C)C(=O)N1CCC[C@H]1C(=O)NC(C)(C)C(=O)N[C@@H](CC(C)C)C(=O)NC(C)(C)C(=O)N1CCC[C@H]1C(=O)N[C@H](CO)CC(C)C)C(C)C. The summed E-state index contributed by atoms with van der Waals surface area (Å²) in [6.07, 6.45) is 1.91. The Morgan fingerprint density at radius 1 is 0.404 bits per heavy atom. The van der Waals surface area contributed by atoms with Gasteiger partial charge in [-0.2, -0.15) is 0 Å². The van der Waals surface area contributed by atoms with E-state index in [1.165, 1.54) is 90.9 Å². The lowest BCUT2D eigenvalue weighted by Crippen LogP contribution is -2.65. The molecule has 0 unspecified atom stereocenters. The number of amides is 15. The molecule has 3 aliphatic heterocycles. The van der Waals surface area contributed by atoms with E-state index in [1.54, 1.807) is 27.7 Å². The van der Waals surface area contributed by atoms with Gasteiger partial charge in [-0.3, -0.25) is 71.9 Å². The van der Waals surface area contributed by atoms with Gasteiger partial charge in [0.2, 0.25) is 88.6 Å². The van der Waals surface area contributed by atoms with Gasteiger partial charge in [0.1, 0.15) is 76.0 Å². The number of aliphatic hydroxyl groups excluding tert-OH is 2. The molecule has 3 fully saturated rings. The first-order chi connectivity index (χ1) is 45.5. The number of nitrogens with one attached hydrogen (secondary N) is 11. The number of nitrogens with zero attached hydrogens (tertiary/aromatic N) is 3. The van der Waals surface area contributed by atoms with Crippen molar-refractivity contribution in [3.63, 3.8) is 0 Å². The molecule has 3 rings (SSSR count). The van der Waals surface area contributed by atoms with Crippen molar-refractivity contribution in [2.45, 2.75) is 278 Å². The van der Waals surface area contributed by atoms with Gasteiger partial charge in [0.15, 0.2) is 0 Å². The minimum atomic E-state index is -1.74. The van der Waals surface area contributed by atoms with Crippen LogP contribution in [-0.2, 0) is 71.9 Å². The van der Waals surface area contributed by atoms with Gasteiger partial charge in [-0.05, 0) is 151 Å². The van der Waals surface area contributed by atoms with Crippen molar-refractivity contribution < 1.29 is 82.1 Å². The second-order valence-electron chi connectivity index (χ2n) is 30.8. The topological polar surface area (TPSA) is 465 Å². The summed E-state index contributed by atoms with van der Waals surface area (Å²) < 4.78 is 0. The molecule has 32 nitrogen and oxygen atoms in total. The van der Waals surface area contributed by atoms with Gasteiger partial charge in [-0.15, -0.1) is 0 Å². The lowest BCUT2D eigenvalue weighted by Gasteiger charge is -2.36. The highest BCUT2D eigenvalue weighted by Crippen LogP contribution is 2.27. The van der Waals surface area contributed by atoms with E-state index in [9.17, 15) is 82.1 Å². The second kappa shape index (κ2) is 35.8. The molecule has 0 radical (unpaired) electrons. The van der Waals surface area contributed by atoms with Crippen LogP contribution in [0, 0.1) is 23.7 Å². The molecule has 15 amide bonds. The van der Waals surface area contributed by atoms with E-state index in [0.29, 0.717) is 32.1 Å². The monoisotopic (exact) mass is 1400 g/mol. The molecule has 3 aliphatic rings. The largest absolute Gasteiger partial charge is 0.394 e. The van der Waals surface area contributed by atoms with E-state index < -0.39 is 190 Å². The van der Waals surface area contributed by atoms with Crippen molar-refractivity contribution in [2.24, 2.45) is 29.4 Å². The number of likely N-dealkylation sites (tertiary alicyclic amines) is 3. The summed E-state index contributed by atoms with van der Waals surface area (Å²) in [4.78, 5) is 209. The molecule has 0 spiro atoms. The summed E-state index contributed by atoms with van der Waals surface area (Å²) in [6, 6.07) is -10.8. The van der Waals surface area contributed by atoms with Crippen molar-refractivity contribution in [3.05, 3.63) is 0 Å². The number of primary amides is 1. The van der Waals surface area contributed by atoms with Crippen molar-refractivity contribution in [3.8, 4) is 0 Å². The third-order valence-corrected chi connectivity index (χ3v) is 17.5. The Hall–Kier alpha value is -8.03. The molecule has 32 heteroatoms. The van der Waals surface area contributed by atoms with E-state index in [-0.39, 0.29) is 69.7 Å². The molecule has 0 aliphatic carbocycles. The van der Waals surface area contributed by atoms with Crippen LogP contribution in [0.4, 0.5) is 0 Å². The molecule has 0 bridgehead atoms. The number of rotatable bonds is 35. The van der Waals surface area contributed by atoms with Gasteiger partial charge >= 0.3 is 0 Å². The highest BCUT2D eigenvalue weighted by Gasteiger charge is 2.48. The van der Waals surface area contributed by atoms with E-state index in [2.05, 4.69) is 58.5 Å². The number of nitrogens with two attached hydrogens (primary N) is 1. The summed E-state index contributed by atoms with van der Waals surface area (Å²) in [5.41, 5.74) is -2.79. The van der Waals surface area contributed by atoms with E-state index in [1.807, 2.05) is 27.7 Å². The normalized spacial score (nSPS) is 18.6. The summed E-state index contributed by atoms with van der Waals surface area (Å²) in [5, 5.41) is 49.2. The van der Waals surface area contributed by atoms with E-state index >= 15 is 0 Å². The van der Waals surface area contributed by atoms with Crippen molar-refractivity contribution >= 4 is 88.6 Å². The third kappa shape index (κ3) is 24.4. The minimum Gasteiger partial charge on any atom is -0.394 e. The summed E-state index contributed by atoms with van der Waals surface area (Å²) in [6.45, 7) is 28.8. The zero-order valence-corrected chi connectivity index (χ0v) is 61.5. The fourth-order valence-corrected chi connectivity index (χ4v) is 12.3. The number of carbonyl (C=O) groups is 15. The number of hydrogen-bond donors (Lipinski definition) is 14. The first-order valence-electron chi connectivity index (χ1n) is 34.4. The minimum absolute atomic E-state index is 0.0219. The van der Waals surface area contributed by atoms with Gasteiger partial charge in [-0.25, -0.2) is 0 Å². The Kier molecular flexibility index (Phi) is 30.8. The number of carbonyl (C=O) groups excluding carboxylic acids is 15. The smallest absolute Gasteiger partial charge is 0.248 e. The Bertz CT molecular complexity index is 2980. The van der Waals surface area contributed by atoms with Gasteiger partial charge in [-0.1, -0.05) is 55.4 Å². The molecular formula is C67H115N15O17. The van der Waals surface area contributed by atoms with Gasteiger partial charge in [0.05, 0.1) is 25.7 Å². The van der Waals surface area contributed by atoms with Crippen LogP contribution in [0.3, 0.4) is 0 Å². The van der Waals surface area contributed by atoms with Crippen LogP contribution in [0.1, 0.15) is 196 Å². The molecule has 9 atom stereocenters. The van der Waals surface area contributed by atoms with Crippen LogP contribution in [0.25, 0.3) is 0 Å². The highest BCUT2D eigenvalue weighted by atomic mass is 16.3. The molecular weight excluding hydrogens is 1290 g/mol. The summed E-state index contributed by atoms with van der Waals surface area (Å²) in [5.74, 6) is -12.1. The van der Waals surface area contributed by atoms with Crippen LogP contribution in [-0.4, -0.2) is 228 Å². The molecule has 3 heterocycles. The molecule has 99 heavy (non-hydrogen) atoms. The predicted octanol–water partition coefficient (Wildman–Crippen LogP) is -1.98. The van der Waals surface area contributed by atoms with Crippen molar-refractivity contribution in [2.75, 3.05) is 32.8 Å². The fraction of sp³-hybridized carbons (Fsp3) is 0.776. The lowest BCUT2D eigenvalue weighted by atomic mass is 9.96. The number of hydrogen-bond acceptors (Lipinski definition) is 17. The summed E-state index contributed by atoms with van der Waals surface area (Å²) in [7, 11) is 0. The molecule has 560 valence electrons. The van der Waals surface area contributed by atoms with Gasteiger partial charge in [0, 0.05) is 26.6 Å². The Labute approximate surface area is 581 Å². The van der Waals surface area contributed by atoms with Crippen LogP contribution in [0.2, 0.25) is 0 Å². The summed E-state index contributed by atoms with van der Waals surface area (Å²) >= 11 is 0. The standard InChI is InChI=1S/C67H115N15O17/c1-35(2)29-40(33-83)69-54(91)45-23-20-26-80(45)60(97)66(16,17)77-53(90)42(31-37(5)6)72-59(96)64(12,13)78-56(93)47-25-22-28-82(47)62(99)67(18,19)79-57(94)49(38(7)8)74-51(88)44(34-84)71-55(92)46-24-21-27-81(46)61(98)65(14,15)76-52(89)41(30-36(3)4)70-50(87)43(32-48(68)86)73-58(95)63(10,11)75-39(9)85/h35-38,40-47,49,83-84H,20-34H2,1-19H3,(H2,68,86)(H,69,91)(H,70,87)(H,71,92)(H,72,96)(H,73,95)(H,74,88)(H,75,85)(H,76,89)(H,77,90)(H,78,93)(H,79,94)/t40-,41-,42-,43-,44-,45-,46-,47-,49-/m0/s1. The van der Waals surface area contributed by atoms with E-state index in [0.717, 1.165) is 0 Å². The third-order valence-electron chi connectivity index (χ3n) is 17.5. The van der Waals surface area contributed by atoms with Crippen LogP contribution >= 0.6 is 0 Å². The van der Waals surface area contributed by atoms with Crippen LogP contribution in [0.15, 0.2) is 0 Å². The maximum absolute atomic E-state index is 14.5. The molecule has 15 N–H and O–H groups in total. The lowest BCUT2D eigenvalue weighted by molar-refractivity contribution is -0.146. The average Bonchev–Trinajstić information content (AvgIpc) is 1.74. The first-order valence-corrected chi connectivity index (χ1v) is 34.4. The highest BCUT2D eigenvalue weighted by molar-refractivity contribution is 6.03. The molecule has 3 saturated heterocycles. The Balaban J connectivity index is 1.70. The van der Waals surface area contributed by atoms with Crippen molar-refractivity contribution in [1.82, 2.24) is 73.2 Å². The molecule has 0 aromatic carbocycles. The zero-order valence-electron chi connectivity index (χ0n) is 61.5. The first kappa shape index (κ1) is 85.2. The molecule has 0 aromatic heterocycles. The fourth-order valence-electron chi connectivity index (χ4n) is 12.3. The van der Waals surface area contributed by atoms with Gasteiger partial charge in [0.25, 0.3) is 0 Å². The van der Waals surface area contributed by atoms with E-state index in [4.69, 9.17) is 5.73 Å². The Morgan fingerprint density at radius 2 is 0.768 bits per heavy atom. The van der Waals surface area contributed by atoms with Crippen LogP contribution < -0.4 is 64.2 Å². The zero-order chi connectivity index (χ0) is 75.8. The molecule has 0 aromatic rings. The quantitative estimate of drug-likeness (QED) is 0.0327. The van der Waals surface area contributed by atoms with Crippen molar-refractivity contribution in [1.29, 1.82) is 0 Å². The maximum Gasteiger partial charge on any atom is 0.248 e. The maximum atomic E-state index is 14.5. The number of aliphatic hydroxyl groups is 2.